The highest BCUT2D eigenvalue weighted by Crippen LogP contribution is 1.99. The Bertz CT molecular complexity index is 300. The van der Waals surface area contributed by atoms with Crippen molar-refractivity contribution in [2.24, 2.45) is 0 Å². The third kappa shape index (κ3) is 5.49. The molecule has 0 aliphatic carbocycles. The fourth-order valence-electron chi connectivity index (χ4n) is 1.32. The van der Waals surface area contributed by atoms with Gasteiger partial charge in [0.05, 0.1) is 6.04 Å². The molecule has 0 heterocycles. The Labute approximate surface area is 102 Å². The molecular weight excluding hydrogens is 220 g/mol. The van der Waals surface area contributed by atoms with E-state index >= 15 is 0 Å². The number of hydrogen-bond donors (Lipinski definition) is 2. The van der Waals surface area contributed by atoms with Crippen LogP contribution in [0.15, 0.2) is 11.6 Å². The highest BCUT2D eigenvalue weighted by atomic mass is 16.4. The molecule has 0 aliphatic rings. The van der Waals surface area contributed by atoms with E-state index in [1.807, 2.05) is 6.92 Å². The summed E-state index contributed by atoms with van der Waals surface area (Å²) in [5.74, 6) is -0.895. The van der Waals surface area contributed by atoms with Crippen molar-refractivity contribution in [1.82, 2.24) is 10.2 Å². The van der Waals surface area contributed by atoms with E-state index in [2.05, 4.69) is 5.32 Å². The molecule has 0 spiro atoms. The van der Waals surface area contributed by atoms with Crippen LogP contribution in [0.4, 0.5) is 0 Å². The fourth-order valence-corrected chi connectivity index (χ4v) is 1.32. The van der Waals surface area contributed by atoms with Gasteiger partial charge in [-0.1, -0.05) is 13.0 Å². The van der Waals surface area contributed by atoms with Crippen LogP contribution < -0.4 is 5.32 Å². The van der Waals surface area contributed by atoms with E-state index < -0.39 is 5.97 Å². The molecule has 1 unspecified atom stereocenters. The summed E-state index contributed by atoms with van der Waals surface area (Å²) in [7, 11) is 1.74. The SMILES string of the molecule is CC/C(=C/CNC(C)C(=O)N(C)CC)C(=O)O. The fraction of sp³-hybridized carbons (Fsp3) is 0.667. The van der Waals surface area contributed by atoms with Crippen molar-refractivity contribution < 1.29 is 14.7 Å². The van der Waals surface area contributed by atoms with E-state index in [1.165, 1.54) is 0 Å². The molecule has 2 N–H and O–H groups in total. The minimum atomic E-state index is -0.904. The Morgan fingerprint density at radius 3 is 2.41 bits per heavy atom. The van der Waals surface area contributed by atoms with E-state index in [0.29, 0.717) is 25.1 Å². The third-order valence-corrected chi connectivity index (χ3v) is 2.65. The zero-order chi connectivity index (χ0) is 13.4. The van der Waals surface area contributed by atoms with Gasteiger partial charge in [-0.15, -0.1) is 0 Å². The Morgan fingerprint density at radius 1 is 1.41 bits per heavy atom. The normalized spacial score (nSPS) is 13.3. The first-order chi connectivity index (χ1) is 7.93. The average molecular weight is 242 g/mol. The number of nitrogens with one attached hydrogen (secondary N) is 1. The first kappa shape index (κ1) is 15.6. The van der Waals surface area contributed by atoms with E-state index in [1.54, 1.807) is 31.9 Å². The molecule has 0 aromatic heterocycles. The zero-order valence-corrected chi connectivity index (χ0v) is 11.0. The summed E-state index contributed by atoms with van der Waals surface area (Å²) in [5, 5.41) is 11.8. The maximum absolute atomic E-state index is 11.7. The van der Waals surface area contributed by atoms with Crippen molar-refractivity contribution in [1.29, 1.82) is 0 Å². The number of carbonyl (C=O) groups is 2. The first-order valence-corrected chi connectivity index (χ1v) is 5.84. The van der Waals surface area contributed by atoms with Crippen molar-refractivity contribution >= 4 is 11.9 Å². The third-order valence-electron chi connectivity index (χ3n) is 2.65. The van der Waals surface area contributed by atoms with Crippen LogP contribution in [0.5, 0.6) is 0 Å². The number of amides is 1. The molecule has 0 aromatic carbocycles. The number of carbonyl (C=O) groups excluding carboxylic acids is 1. The van der Waals surface area contributed by atoms with Gasteiger partial charge in [0.25, 0.3) is 0 Å². The molecule has 0 bridgehead atoms. The molecule has 1 atom stereocenters. The number of carboxylic acid groups (broad SMARTS) is 1. The zero-order valence-electron chi connectivity index (χ0n) is 11.0. The second kappa shape index (κ2) is 7.84. The molecule has 17 heavy (non-hydrogen) atoms. The quantitative estimate of drug-likeness (QED) is 0.650. The smallest absolute Gasteiger partial charge is 0.331 e. The van der Waals surface area contributed by atoms with E-state index in [-0.39, 0.29) is 11.9 Å². The molecule has 0 aromatic rings. The van der Waals surface area contributed by atoms with Gasteiger partial charge in [-0.05, 0) is 20.3 Å². The molecule has 0 rings (SSSR count). The summed E-state index contributed by atoms with van der Waals surface area (Å²) in [6, 6.07) is -0.303. The number of hydrogen-bond acceptors (Lipinski definition) is 3. The lowest BCUT2D eigenvalue weighted by Gasteiger charge is -2.20. The summed E-state index contributed by atoms with van der Waals surface area (Å²) in [6.45, 7) is 6.52. The molecule has 5 nitrogen and oxygen atoms in total. The molecule has 0 radical (unpaired) electrons. The lowest BCUT2D eigenvalue weighted by Crippen LogP contribution is -2.43. The number of rotatable bonds is 7. The van der Waals surface area contributed by atoms with Gasteiger partial charge in [0.2, 0.25) is 5.91 Å². The number of aliphatic carboxylic acids is 1. The topological polar surface area (TPSA) is 69.6 Å². The van der Waals surface area contributed by atoms with Crippen molar-refractivity contribution in [3.05, 3.63) is 11.6 Å². The highest BCUT2D eigenvalue weighted by Gasteiger charge is 2.14. The largest absolute Gasteiger partial charge is 0.478 e. The summed E-state index contributed by atoms with van der Waals surface area (Å²) in [5.41, 5.74) is 0.362. The van der Waals surface area contributed by atoms with Gasteiger partial charge in [0.15, 0.2) is 0 Å². The van der Waals surface area contributed by atoms with E-state index in [0.717, 1.165) is 0 Å². The van der Waals surface area contributed by atoms with Crippen LogP contribution in [0.3, 0.4) is 0 Å². The first-order valence-electron chi connectivity index (χ1n) is 5.84. The number of nitrogens with zero attached hydrogens (tertiary/aromatic N) is 1. The molecule has 0 fully saturated rings. The Kier molecular flexibility index (Phi) is 7.21. The Hall–Kier alpha value is -1.36. The molecule has 0 aliphatic heterocycles. The lowest BCUT2D eigenvalue weighted by atomic mass is 10.2. The van der Waals surface area contributed by atoms with Crippen LogP contribution in [0, 0.1) is 0 Å². The molecule has 98 valence electrons. The second-order valence-electron chi connectivity index (χ2n) is 3.87. The van der Waals surface area contributed by atoms with Crippen molar-refractivity contribution in [3.63, 3.8) is 0 Å². The predicted octanol–water partition coefficient (Wildman–Crippen LogP) is 0.864. The van der Waals surface area contributed by atoms with Gasteiger partial charge < -0.3 is 15.3 Å². The highest BCUT2D eigenvalue weighted by molar-refractivity contribution is 5.86. The van der Waals surface area contributed by atoms with Gasteiger partial charge in [-0.2, -0.15) is 0 Å². The maximum atomic E-state index is 11.7. The van der Waals surface area contributed by atoms with Gasteiger partial charge in [-0.25, -0.2) is 4.79 Å². The van der Waals surface area contributed by atoms with Gasteiger partial charge in [0.1, 0.15) is 0 Å². The van der Waals surface area contributed by atoms with Crippen molar-refractivity contribution in [2.75, 3.05) is 20.1 Å². The van der Waals surface area contributed by atoms with Gasteiger partial charge in [0, 0.05) is 25.7 Å². The van der Waals surface area contributed by atoms with E-state index in [9.17, 15) is 9.59 Å². The van der Waals surface area contributed by atoms with Crippen LogP contribution in [-0.4, -0.2) is 48.1 Å². The molecule has 0 saturated heterocycles. The molecule has 1 amide bonds. The summed E-state index contributed by atoms with van der Waals surface area (Å²) >= 11 is 0. The van der Waals surface area contributed by atoms with Crippen molar-refractivity contribution in [3.8, 4) is 0 Å². The number of carboxylic acids is 1. The van der Waals surface area contributed by atoms with Crippen molar-refractivity contribution in [2.45, 2.75) is 33.2 Å². The minimum Gasteiger partial charge on any atom is -0.478 e. The summed E-state index contributed by atoms with van der Waals surface area (Å²) in [6.07, 6.45) is 2.09. The van der Waals surface area contributed by atoms with Crippen LogP contribution >= 0.6 is 0 Å². The maximum Gasteiger partial charge on any atom is 0.331 e. The van der Waals surface area contributed by atoms with Gasteiger partial charge >= 0.3 is 5.97 Å². The standard InChI is InChI=1S/C12H22N2O3/c1-5-10(12(16)17)7-8-13-9(3)11(15)14(4)6-2/h7,9,13H,5-6,8H2,1-4H3,(H,16,17)/b10-7-. The molecule has 5 heteroatoms. The Morgan fingerprint density at radius 2 is 2.00 bits per heavy atom. The minimum absolute atomic E-state index is 0.00859. The van der Waals surface area contributed by atoms with Crippen LogP contribution in [0.1, 0.15) is 27.2 Å². The summed E-state index contributed by atoms with van der Waals surface area (Å²) in [4.78, 5) is 24.0. The van der Waals surface area contributed by atoms with Gasteiger partial charge in [-0.3, -0.25) is 4.79 Å². The Balaban J connectivity index is 4.20. The van der Waals surface area contributed by atoms with E-state index in [4.69, 9.17) is 5.11 Å². The van der Waals surface area contributed by atoms with Crippen LogP contribution in [-0.2, 0) is 9.59 Å². The molecular formula is C12H22N2O3. The second-order valence-corrected chi connectivity index (χ2v) is 3.87. The predicted molar refractivity (Wildman–Crippen MR) is 66.8 cm³/mol. The summed E-state index contributed by atoms with van der Waals surface area (Å²) < 4.78 is 0. The average Bonchev–Trinajstić information content (AvgIpc) is 2.31. The van der Waals surface area contributed by atoms with Crippen LogP contribution in [0.2, 0.25) is 0 Å². The monoisotopic (exact) mass is 242 g/mol. The van der Waals surface area contributed by atoms with Crippen LogP contribution in [0.25, 0.3) is 0 Å². The number of likely N-dealkylation sites (N-methyl/N-ethyl adjacent to an activating group) is 1. The molecule has 0 saturated carbocycles. The lowest BCUT2D eigenvalue weighted by molar-refractivity contribution is -0.133.